The molecule has 0 spiro atoms. The summed E-state index contributed by atoms with van der Waals surface area (Å²) in [6, 6.07) is 19.2. The predicted molar refractivity (Wildman–Crippen MR) is 121 cm³/mol. The highest BCUT2D eigenvalue weighted by molar-refractivity contribution is 6.41. The lowest BCUT2D eigenvalue weighted by Crippen LogP contribution is -2.20. The molecule has 6 nitrogen and oxygen atoms in total. The van der Waals surface area contributed by atoms with E-state index < -0.39 is 0 Å². The molecule has 6 heteroatoms. The Hall–Kier alpha value is -4.19. The minimum atomic E-state index is -0.299. The van der Waals surface area contributed by atoms with E-state index in [1.165, 1.54) is 7.11 Å². The quantitative estimate of drug-likeness (QED) is 0.463. The molecular formula is C26H21NO5. The van der Waals surface area contributed by atoms with Gasteiger partial charge in [0.1, 0.15) is 0 Å². The van der Waals surface area contributed by atoms with Gasteiger partial charge in [-0.1, -0.05) is 48.5 Å². The summed E-state index contributed by atoms with van der Waals surface area (Å²) in [5.41, 5.74) is 3.23. The molecule has 3 aromatic rings. The molecule has 0 radical (unpaired) electrons. The molecule has 0 saturated heterocycles. The molecule has 3 aromatic carbocycles. The van der Waals surface area contributed by atoms with Crippen molar-refractivity contribution in [3.8, 4) is 11.5 Å². The molecule has 4 rings (SSSR count). The molecule has 32 heavy (non-hydrogen) atoms. The Labute approximate surface area is 185 Å². The Bertz CT molecular complexity index is 1220. The number of ketones is 2. The van der Waals surface area contributed by atoms with Crippen LogP contribution in [0, 0.1) is 6.92 Å². The van der Waals surface area contributed by atoms with Crippen LogP contribution >= 0.6 is 0 Å². The number of carbonyl (C=O) groups is 3. The van der Waals surface area contributed by atoms with Crippen molar-refractivity contribution in [1.29, 1.82) is 0 Å². The zero-order chi connectivity index (χ0) is 22.7. The molecule has 0 fully saturated rings. The summed E-state index contributed by atoms with van der Waals surface area (Å²) in [4.78, 5) is 37.4. The Morgan fingerprint density at radius 2 is 1.56 bits per heavy atom. The van der Waals surface area contributed by atoms with E-state index in [4.69, 9.17) is 9.47 Å². The number of hydrogen-bond donors (Lipinski definition) is 1. The topological polar surface area (TPSA) is 81.7 Å². The van der Waals surface area contributed by atoms with Crippen LogP contribution in [-0.4, -0.2) is 31.2 Å². The smallest absolute Gasteiger partial charge is 0.262 e. The number of methoxy groups -OCH3 is 1. The average molecular weight is 427 g/mol. The van der Waals surface area contributed by atoms with Crippen LogP contribution in [0.4, 0.5) is 5.69 Å². The average Bonchev–Trinajstić information content (AvgIpc) is 3.04. The van der Waals surface area contributed by atoms with Crippen LogP contribution in [0.1, 0.15) is 31.8 Å². The number of allylic oxidation sites excluding steroid dienone is 1. The van der Waals surface area contributed by atoms with Crippen molar-refractivity contribution in [2.45, 2.75) is 6.92 Å². The third-order valence-electron chi connectivity index (χ3n) is 5.18. The maximum atomic E-state index is 12.6. The van der Waals surface area contributed by atoms with Gasteiger partial charge in [-0.15, -0.1) is 0 Å². The van der Waals surface area contributed by atoms with Crippen LogP contribution in [0.2, 0.25) is 0 Å². The number of fused-ring (bicyclic) bond motifs is 1. The maximum absolute atomic E-state index is 12.6. The van der Waals surface area contributed by atoms with Crippen molar-refractivity contribution < 1.29 is 23.9 Å². The van der Waals surface area contributed by atoms with Gasteiger partial charge in [0.15, 0.2) is 29.7 Å². The molecule has 160 valence electrons. The number of ether oxygens (including phenoxy) is 2. The summed E-state index contributed by atoms with van der Waals surface area (Å²) >= 11 is 0. The normalized spacial score (nSPS) is 12.4. The number of nitrogens with one attached hydrogen (secondary N) is 1. The third kappa shape index (κ3) is 4.16. The summed E-state index contributed by atoms with van der Waals surface area (Å²) in [6.45, 7) is 1.71. The fourth-order valence-electron chi connectivity index (χ4n) is 3.51. The summed E-state index contributed by atoms with van der Waals surface area (Å²) in [5, 5.41) is 2.81. The minimum Gasteiger partial charge on any atom is -0.493 e. The van der Waals surface area contributed by atoms with Crippen molar-refractivity contribution in [1.82, 2.24) is 0 Å². The summed E-state index contributed by atoms with van der Waals surface area (Å²) in [7, 11) is 1.48. The first kappa shape index (κ1) is 21.1. The highest BCUT2D eigenvalue weighted by Gasteiger charge is 2.32. The highest BCUT2D eigenvalue weighted by atomic mass is 16.5. The number of aryl methyl sites for hydroxylation is 1. The molecule has 0 aliphatic heterocycles. The number of Topliss-reactive ketones (excluding diaryl/α,β-unsaturated/α-hetero) is 2. The van der Waals surface area contributed by atoms with Crippen molar-refractivity contribution in [3.05, 3.63) is 94.6 Å². The van der Waals surface area contributed by atoms with Crippen LogP contribution in [0.5, 0.6) is 11.5 Å². The van der Waals surface area contributed by atoms with E-state index >= 15 is 0 Å². The SMILES string of the molecule is COc1cc(C=C2C(=O)c3ccccc3C2=O)ccc1OCC(=O)Nc1ccccc1C. The monoisotopic (exact) mass is 427 g/mol. The van der Waals surface area contributed by atoms with Crippen LogP contribution in [-0.2, 0) is 4.79 Å². The van der Waals surface area contributed by atoms with E-state index in [2.05, 4.69) is 5.32 Å². The zero-order valence-corrected chi connectivity index (χ0v) is 17.7. The minimum absolute atomic E-state index is 0.111. The molecular weight excluding hydrogens is 406 g/mol. The fourth-order valence-corrected chi connectivity index (χ4v) is 3.51. The van der Waals surface area contributed by atoms with E-state index in [1.807, 2.05) is 31.2 Å². The Morgan fingerprint density at radius 1 is 0.906 bits per heavy atom. The Balaban J connectivity index is 1.48. The number of amides is 1. The van der Waals surface area contributed by atoms with Gasteiger partial charge in [0.2, 0.25) is 0 Å². The van der Waals surface area contributed by atoms with Gasteiger partial charge < -0.3 is 14.8 Å². The highest BCUT2D eigenvalue weighted by Crippen LogP contribution is 2.32. The van der Waals surface area contributed by atoms with Crippen molar-refractivity contribution >= 4 is 29.2 Å². The van der Waals surface area contributed by atoms with E-state index in [-0.39, 0.29) is 29.7 Å². The largest absolute Gasteiger partial charge is 0.493 e. The van der Waals surface area contributed by atoms with E-state index in [0.717, 1.165) is 11.3 Å². The number of rotatable bonds is 6. The van der Waals surface area contributed by atoms with Gasteiger partial charge >= 0.3 is 0 Å². The molecule has 0 heterocycles. The first-order chi connectivity index (χ1) is 15.5. The third-order valence-corrected chi connectivity index (χ3v) is 5.18. The molecule has 1 N–H and O–H groups in total. The van der Waals surface area contributed by atoms with Gasteiger partial charge in [-0.25, -0.2) is 0 Å². The van der Waals surface area contributed by atoms with Gasteiger partial charge in [0, 0.05) is 16.8 Å². The molecule has 0 aromatic heterocycles. The van der Waals surface area contributed by atoms with E-state index in [0.29, 0.717) is 28.2 Å². The molecule has 1 aliphatic rings. The second-order valence-corrected chi connectivity index (χ2v) is 7.32. The maximum Gasteiger partial charge on any atom is 0.262 e. The predicted octanol–water partition coefficient (Wildman–Crippen LogP) is 4.48. The van der Waals surface area contributed by atoms with Gasteiger partial charge in [0.05, 0.1) is 12.7 Å². The molecule has 0 saturated carbocycles. The Morgan fingerprint density at radius 3 is 2.22 bits per heavy atom. The summed E-state index contributed by atoms with van der Waals surface area (Å²) in [6.07, 6.45) is 1.54. The van der Waals surface area contributed by atoms with E-state index in [9.17, 15) is 14.4 Å². The Kier molecular flexibility index (Phi) is 5.85. The number of benzene rings is 3. The second kappa shape index (κ2) is 8.89. The second-order valence-electron chi connectivity index (χ2n) is 7.32. The molecule has 0 bridgehead atoms. The van der Waals surface area contributed by atoms with Crippen molar-refractivity contribution in [2.24, 2.45) is 0 Å². The molecule has 0 atom stereocenters. The lowest BCUT2D eigenvalue weighted by molar-refractivity contribution is -0.118. The standard InChI is InChI=1S/C26H21NO5/c1-16-7-3-6-10-21(16)27-24(28)15-32-22-12-11-17(14-23(22)31-2)13-20-25(29)18-8-4-5-9-19(18)26(20)30/h3-14H,15H2,1-2H3,(H,27,28). The van der Waals surface area contributed by atoms with Crippen LogP contribution in [0.3, 0.4) is 0 Å². The number of hydrogen-bond acceptors (Lipinski definition) is 5. The van der Waals surface area contributed by atoms with Crippen LogP contribution in [0.15, 0.2) is 72.3 Å². The molecule has 0 unspecified atom stereocenters. The van der Waals surface area contributed by atoms with Crippen LogP contribution in [0.25, 0.3) is 6.08 Å². The van der Waals surface area contributed by atoms with Gasteiger partial charge in [-0.3, -0.25) is 14.4 Å². The number of anilines is 1. The van der Waals surface area contributed by atoms with Crippen molar-refractivity contribution in [2.75, 3.05) is 19.0 Å². The fraction of sp³-hybridized carbons (Fsp3) is 0.115. The van der Waals surface area contributed by atoms with Gasteiger partial charge in [0.25, 0.3) is 5.91 Å². The molecule has 1 amide bonds. The zero-order valence-electron chi connectivity index (χ0n) is 17.7. The first-order valence-electron chi connectivity index (χ1n) is 10.0. The summed E-state index contributed by atoms with van der Waals surface area (Å²) < 4.78 is 11.0. The lowest BCUT2D eigenvalue weighted by atomic mass is 10.1. The van der Waals surface area contributed by atoms with Gasteiger partial charge in [-0.2, -0.15) is 0 Å². The van der Waals surface area contributed by atoms with E-state index in [1.54, 1.807) is 48.5 Å². The number of para-hydroxylation sites is 1. The number of carbonyl (C=O) groups excluding carboxylic acids is 3. The van der Waals surface area contributed by atoms with Crippen molar-refractivity contribution in [3.63, 3.8) is 0 Å². The van der Waals surface area contributed by atoms with Crippen LogP contribution < -0.4 is 14.8 Å². The summed E-state index contributed by atoms with van der Waals surface area (Å²) in [5.74, 6) is -0.122. The lowest BCUT2D eigenvalue weighted by Gasteiger charge is -2.12. The van der Waals surface area contributed by atoms with Gasteiger partial charge in [-0.05, 0) is 42.3 Å². The molecule has 1 aliphatic carbocycles. The first-order valence-corrected chi connectivity index (χ1v) is 10.0.